The van der Waals surface area contributed by atoms with Gasteiger partial charge in [-0.1, -0.05) is 6.92 Å². The molecule has 0 aromatic heterocycles. The summed E-state index contributed by atoms with van der Waals surface area (Å²) >= 11 is 0. The van der Waals surface area contributed by atoms with Gasteiger partial charge in [-0.25, -0.2) is 0 Å². The maximum atomic E-state index is 12.5. The van der Waals surface area contributed by atoms with E-state index < -0.39 is 11.7 Å². The van der Waals surface area contributed by atoms with Crippen LogP contribution in [0.1, 0.15) is 24.5 Å². The predicted molar refractivity (Wildman–Crippen MR) is 62.1 cm³/mol. The minimum absolute atomic E-state index is 0.103. The summed E-state index contributed by atoms with van der Waals surface area (Å²) in [5, 5.41) is 11.4. The van der Waals surface area contributed by atoms with E-state index in [1.165, 1.54) is 0 Å². The van der Waals surface area contributed by atoms with Crippen molar-refractivity contribution in [1.29, 1.82) is 5.26 Å². The third-order valence-corrected chi connectivity index (χ3v) is 3.17. The van der Waals surface area contributed by atoms with E-state index in [1.54, 1.807) is 6.07 Å². The zero-order valence-electron chi connectivity index (χ0n) is 10.1. The maximum Gasteiger partial charge on any atom is 0.416 e. The second-order valence-electron chi connectivity index (χ2n) is 4.68. The van der Waals surface area contributed by atoms with Crippen LogP contribution in [0, 0.1) is 23.2 Å². The van der Waals surface area contributed by atoms with Crippen molar-refractivity contribution in [3.8, 4) is 6.07 Å². The molecule has 0 aliphatic heterocycles. The van der Waals surface area contributed by atoms with Gasteiger partial charge >= 0.3 is 6.18 Å². The highest BCUT2D eigenvalue weighted by Crippen LogP contribution is 2.39. The van der Waals surface area contributed by atoms with Crippen LogP contribution in [0.25, 0.3) is 0 Å². The number of hydrogen-bond donors (Lipinski definition) is 1. The van der Waals surface area contributed by atoms with E-state index in [0.717, 1.165) is 24.6 Å². The Morgan fingerprint density at radius 1 is 1.47 bits per heavy atom. The number of nitriles is 1. The summed E-state index contributed by atoms with van der Waals surface area (Å²) in [7, 11) is 0. The van der Waals surface area contributed by atoms with Gasteiger partial charge in [0, 0.05) is 5.92 Å². The minimum Gasteiger partial charge on any atom is -0.325 e. The Morgan fingerprint density at radius 2 is 2.11 bits per heavy atom. The van der Waals surface area contributed by atoms with Gasteiger partial charge in [0.1, 0.15) is 6.07 Å². The van der Waals surface area contributed by atoms with Crippen LogP contribution < -0.4 is 5.32 Å². The van der Waals surface area contributed by atoms with Crippen LogP contribution in [0.3, 0.4) is 0 Å². The number of amides is 1. The Hall–Kier alpha value is -2.03. The smallest absolute Gasteiger partial charge is 0.325 e. The largest absolute Gasteiger partial charge is 0.416 e. The average Bonchev–Trinajstić information content (AvgIpc) is 3.05. The van der Waals surface area contributed by atoms with E-state index in [9.17, 15) is 18.0 Å². The van der Waals surface area contributed by atoms with E-state index in [2.05, 4.69) is 5.32 Å². The number of benzene rings is 1. The number of anilines is 1. The standard InChI is InChI=1S/C13H11F3N2O/c1-7-4-10(7)12(19)18-11-3-2-9(13(14,15)16)5-8(11)6-17/h2-3,5,7,10H,4H2,1H3,(H,18,19). The number of nitrogens with zero attached hydrogens (tertiary/aromatic N) is 1. The molecule has 0 heterocycles. The fraction of sp³-hybridized carbons (Fsp3) is 0.385. The van der Waals surface area contributed by atoms with Crippen molar-refractivity contribution in [2.75, 3.05) is 5.32 Å². The van der Waals surface area contributed by atoms with Crippen molar-refractivity contribution in [3.05, 3.63) is 29.3 Å². The summed E-state index contributed by atoms with van der Waals surface area (Å²) in [4.78, 5) is 11.7. The summed E-state index contributed by atoms with van der Waals surface area (Å²) in [5.41, 5.74) is -0.960. The fourth-order valence-corrected chi connectivity index (χ4v) is 1.83. The Morgan fingerprint density at radius 3 is 2.58 bits per heavy atom. The molecule has 1 aliphatic rings. The van der Waals surface area contributed by atoms with Crippen LogP contribution in [0.2, 0.25) is 0 Å². The first-order valence-corrected chi connectivity index (χ1v) is 5.75. The number of carbonyl (C=O) groups excluding carboxylic acids is 1. The lowest BCUT2D eigenvalue weighted by Crippen LogP contribution is -2.16. The van der Waals surface area contributed by atoms with Crippen LogP contribution >= 0.6 is 0 Å². The van der Waals surface area contributed by atoms with Crippen molar-refractivity contribution in [3.63, 3.8) is 0 Å². The molecular weight excluding hydrogens is 257 g/mol. The average molecular weight is 268 g/mol. The number of nitrogens with one attached hydrogen (secondary N) is 1. The topological polar surface area (TPSA) is 52.9 Å². The van der Waals surface area contributed by atoms with Crippen molar-refractivity contribution < 1.29 is 18.0 Å². The van der Waals surface area contributed by atoms with Gasteiger partial charge in [-0.3, -0.25) is 4.79 Å². The van der Waals surface area contributed by atoms with Crippen molar-refractivity contribution >= 4 is 11.6 Å². The Labute approximate surface area is 108 Å². The highest BCUT2D eigenvalue weighted by Gasteiger charge is 2.39. The first-order valence-electron chi connectivity index (χ1n) is 5.75. The van der Waals surface area contributed by atoms with E-state index in [-0.39, 0.29) is 23.1 Å². The molecule has 2 rings (SSSR count). The molecule has 1 saturated carbocycles. The SMILES string of the molecule is CC1CC1C(=O)Nc1ccc(C(F)(F)F)cc1C#N. The van der Waals surface area contributed by atoms with Gasteiger partial charge in [0.2, 0.25) is 5.91 Å². The lowest BCUT2D eigenvalue weighted by molar-refractivity contribution is -0.137. The molecule has 0 spiro atoms. The normalized spacial score (nSPS) is 21.6. The van der Waals surface area contributed by atoms with Gasteiger partial charge in [0.15, 0.2) is 0 Å². The molecule has 1 aromatic rings. The highest BCUT2D eigenvalue weighted by molar-refractivity contribution is 5.95. The number of rotatable bonds is 2. The van der Waals surface area contributed by atoms with E-state index in [1.807, 2.05) is 6.92 Å². The highest BCUT2D eigenvalue weighted by atomic mass is 19.4. The van der Waals surface area contributed by atoms with Crippen LogP contribution in [-0.2, 0) is 11.0 Å². The predicted octanol–water partition coefficient (Wildman–Crippen LogP) is 3.17. The third kappa shape index (κ3) is 2.87. The lowest BCUT2D eigenvalue weighted by atomic mass is 10.1. The first-order chi connectivity index (χ1) is 8.82. The monoisotopic (exact) mass is 268 g/mol. The summed E-state index contributed by atoms with van der Waals surface area (Å²) in [5.74, 6) is -0.0578. The van der Waals surface area contributed by atoms with Gasteiger partial charge in [-0.05, 0) is 30.5 Å². The Bertz CT molecular complexity index is 560. The van der Waals surface area contributed by atoms with Crippen molar-refractivity contribution in [2.45, 2.75) is 19.5 Å². The van der Waals surface area contributed by atoms with Crippen LogP contribution in [0.5, 0.6) is 0 Å². The van der Waals surface area contributed by atoms with E-state index >= 15 is 0 Å². The first kappa shape index (κ1) is 13.4. The van der Waals surface area contributed by atoms with Crippen LogP contribution in [0.15, 0.2) is 18.2 Å². The molecular formula is C13H11F3N2O. The molecule has 2 atom stereocenters. The van der Waals surface area contributed by atoms with Gasteiger partial charge in [-0.15, -0.1) is 0 Å². The molecule has 2 unspecified atom stereocenters. The molecule has 1 fully saturated rings. The molecule has 0 saturated heterocycles. The van der Waals surface area contributed by atoms with E-state index in [0.29, 0.717) is 5.92 Å². The zero-order valence-corrected chi connectivity index (χ0v) is 10.1. The van der Waals surface area contributed by atoms with E-state index in [4.69, 9.17) is 5.26 Å². The van der Waals surface area contributed by atoms with Gasteiger partial charge in [-0.2, -0.15) is 18.4 Å². The second-order valence-corrected chi connectivity index (χ2v) is 4.68. The van der Waals surface area contributed by atoms with Crippen molar-refractivity contribution in [1.82, 2.24) is 0 Å². The number of alkyl halides is 3. The molecule has 100 valence electrons. The van der Waals surface area contributed by atoms with Gasteiger partial charge in [0.05, 0.1) is 16.8 Å². The second kappa shape index (κ2) is 4.57. The molecule has 1 aromatic carbocycles. The summed E-state index contributed by atoms with van der Waals surface area (Å²) < 4.78 is 37.5. The molecule has 1 aliphatic carbocycles. The van der Waals surface area contributed by atoms with Crippen molar-refractivity contribution in [2.24, 2.45) is 11.8 Å². The molecule has 19 heavy (non-hydrogen) atoms. The number of hydrogen-bond acceptors (Lipinski definition) is 2. The van der Waals surface area contributed by atoms with Crippen LogP contribution in [0.4, 0.5) is 18.9 Å². The Balaban J connectivity index is 2.22. The Kier molecular flexibility index (Phi) is 3.23. The van der Waals surface area contributed by atoms with Gasteiger partial charge in [0.25, 0.3) is 0 Å². The maximum absolute atomic E-state index is 12.5. The fourth-order valence-electron chi connectivity index (χ4n) is 1.83. The third-order valence-electron chi connectivity index (χ3n) is 3.17. The minimum atomic E-state index is -4.50. The molecule has 0 radical (unpaired) electrons. The summed E-state index contributed by atoms with van der Waals surface area (Å²) in [6.07, 6.45) is -3.73. The molecule has 1 amide bonds. The molecule has 0 bridgehead atoms. The van der Waals surface area contributed by atoms with Crippen LogP contribution in [-0.4, -0.2) is 5.91 Å². The summed E-state index contributed by atoms with van der Waals surface area (Å²) in [6.45, 7) is 1.92. The summed E-state index contributed by atoms with van der Waals surface area (Å²) in [6, 6.07) is 4.38. The molecule has 3 nitrogen and oxygen atoms in total. The lowest BCUT2D eigenvalue weighted by Gasteiger charge is -2.10. The number of carbonyl (C=O) groups is 1. The number of halogens is 3. The zero-order chi connectivity index (χ0) is 14.2. The molecule has 6 heteroatoms. The van der Waals surface area contributed by atoms with Gasteiger partial charge < -0.3 is 5.32 Å². The molecule has 1 N–H and O–H groups in total. The quantitative estimate of drug-likeness (QED) is 0.895.